The summed E-state index contributed by atoms with van der Waals surface area (Å²) in [5, 5.41) is 45.0. The maximum Gasteiger partial charge on any atom is 0.251 e. The molecule has 38 heavy (non-hydrogen) atoms. The Balaban J connectivity index is 1.63. The minimum atomic E-state index is -1.99. The minimum absolute atomic E-state index is 0.146. The first-order chi connectivity index (χ1) is 17.8. The number of ketones is 1. The van der Waals surface area contributed by atoms with Crippen LogP contribution in [-0.2, 0) is 17.8 Å². The second-order valence-electron chi connectivity index (χ2n) is 11.7. The van der Waals surface area contributed by atoms with Crippen molar-refractivity contribution >= 4 is 11.7 Å². The molecular weight excluding hydrogens is 486 g/mol. The van der Waals surface area contributed by atoms with Gasteiger partial charge in [0.2, 0.25) is 0 Å². The predicted molar refractivity (Wildman–Crippen MR) is 141 cm³/mol. The van der Waals surface area contributed by atoms with Gasteiger partial charge in [0, 0.05) is 24.2 Å². The zero-order valence-corrected chi connectivity index (χ0v) is 22.5. The number of rotatable bonds is 4. The lowest BCUT2D eigenvalue weighted by Gasteiger charge is -2.52. The third kappa shape index (κ3) is 3.71. The zero-order chi connectivity index (χ0) is 27.8. The molecule has 0 radical (unpaired) electrons. The number of aromatic hydroxyl groups is 1. The highest BCUT2D eigenvalue weighted by Gasteiger charge is 2.59. The quantitative estimate of drug-likeness (QED) is 0.378. The highest BCUT2D eigenvalue weighted by Crippen LogP contribution is 2.54. The van der Waals surface area contributed by atoms with Gasteiger partial charge in [0.15, 0.2) is 5.78 Å². The van der Waals surface area contributed by atoms with E-state index in [1.54, 1.807) is 19.0 Å². The number of carbonyl (C=O) groups is 2. The lowest BCUT2D eigenvalue weighted by Crippen LogP contribution is -2.59. The van der Waals surface area contributed by atoms with Gasteiger partial charge in [-0.1, -0.05) is 18.2 Å². The summed E-state index contributed by atoms with van der Waals surface area (Å²) in [5.41, 5.74) is 5.26. The molecule has 9 heteroatoms. The molecule has 1 amide bonds. The number of amides is 1. The molecule has 6 unspecified atom stereocenters. The molecule has 0 fully saturated rings. The summed E-state index contributed by atoms with van der Waals surface area (Å²) in [6.07, 6.45) is 5.11. The molecule has 204 valence electrons. The van der Waals surface area contributed by atoms with Crippen LogP contribution in [0.2, 0.25) is 0 Å². The van der Waals surface area contributed by atoms with E-state index in [9.17, 15) is 30.0 Å². The molecule has 0 spiro atoms. The molecule has 5 rings (SSSR count). The average Bonchev–Trinajstić information content (AvgIpc) is 3.11. The smallest absolute Gasteiger partial charge is 0.251 e. The molecule has 0 saturated heterocycles. The maximum atomic E-state index is 13.9. The van der Waals surface area contributed by atoms with Crippen molar-refractivity contribution in [1.29, 1.82) is 0 Å². The molecule has 0 bridgehead atoms. The molecule has 9 nitrogen and oxygen atoms in total. The number of nitrogens with zero attached hydrogens (tertiary/aromatic N) is 2. The van der Waals surface area contributed by atoms with Gasteiger partial charge in [-0.25, -0.2) is 0 Å². The average molecular weight is 524 g/mol. The first kappa shape index (κ1) is 26.5. The normalized spacial score (nSPS) is 35.0. The summed E-state index contributed by atoms with van der Waals surface area (Å²) >= 11 is 0. The summed E-state index contributed by atoms with van der Waals surface area (Å²) in [5.74, 6) is -4.13. The number of phenols is 1. The van der Waals surface area contributed by atoms with E-state index >= 15 is 0 Å². The Morgan fingerprint density at radius 3 is 2.34 bits per heavy atom. The lowest BCUT2D eigenvalue weighted by molar-refractivity contribution is -0.120. The number of carbonyl (C=O) groups excluding carboxylic acids is 2. The molecule has 1 heterocycles. The van der Waals surface area contributed by atoms with E-state index < -0.39 is 35.2 Å². The summed E-state index contributed by atoms with van der Waals surface area (Å²) in [7, 11) is 3.49. The number of allylic oxidation sites excluding steroid dienone is 1. The molecule has 0 aromatic heterocycles. The Morgan fingerprint density at radius 2 is 1.76 bits per heavy atom. The van der Waals surface area contributed by atoms with Crippen molar-refractivity contribution in [2.75, 3.05) is 14.1 Å². The van der Waals surface area contributed by atoms with Crippen LogP contribution in [0.25, 0.3) is 0 Å². The highest BCUT2D eigenvalue weighted by atomic mass is 16.3. The number of nitrogens with two attached hydrogens (primary N) is 1. The number of aliphatic hydroxyl groups is 3. The van der Waals surface area contributed by atoms with Gasteiger partial charge < -0.3 is 26.2 Å². The number of Topliss-reactive ketones (excluding diaryl/α,β-unsaturated/α-hetero) is 1. The Hall–Kier alpha value is -3.14. The summed E-state index contributed by atoms with van der Waals surface area (Å²) in [6, 6.07) is 3.18. The van der Waals surface area contributed by atoms with Crippen molar-refractivity contribution in [1.82, 2.24) is 9.80 Å². The van der Waals surface area contributed by atoms with E-state index in [4.69, 9.17) is 5.73 Å². The number of aliphatic hydroxyl groups excluding tert-OH is 2. The van der Waals surface area contributed by atoms with Gasteiger partial charge in [0.1, 0.15) is 22.9 Å². The number of likely N-dealkylation sites (N-methyl/N-ethyl adjacent to an activating group) is 1. The van der Waals surface area contributed by atoms with Gasteiger partial charge >= 0.3 is 0 Å². The number of hydrogen-bond donors (Lipinski definition) is 5. The molecule has 7 atom stereocenters. The number of primary amides is 1. The van der Waals surface area contributed by atoms with Gasteiger partial charge in [0.25, 0.3) is 5.91 Å². The monoisotopic (exact) mass is 523 g/mol. The van der Waals surface area contributed by atoms with E-state index in [1.807, 2.05) is 6.07 Å². The molecule has 3 aliphatic carbocycles. The van der Waals surface area contributed by atoms with E-state index in [0.29, 0.717) is 19.4 Å². The molecule has 1 aromatic rings. The van der Waals surface area contributed by atoms with Gasteiger partial charge in [-0.15, -0.1) is 0 Å². The highest BCUT2D eigenvalue weighted by molar-refractivity contribution is 6.13. The van der Waals surface area contributed by atoms with E-state index in [0.717, 1.165) is 11.1 Å². The number of benzene rings is 1. The summed E-state index contributed by atoms with van der Waals surface area (Å²) < 4.78 is 0. The Labute approximate surface area is 222 Å². The molecular formula is C29H37N3O6. The van der Waals surface area contributed by atoms with Crippen LogP contribution in [-0.4, -0.2) is 79.7 Å². The Morgan fingerprint density at radius 1 is 1.13 bits per heavy atom. The van der Waals surface area contributed by atoms with Crippen molar-refractivity contribution in [2.24, 2.45) is 23.5 Å². The van der Waals surface area contributed by atoms with Gasteiger partial charge in [-0.05, 0) is 76.7 Å². The van der Waals surface area contributed by atoms with Gasteiger partial charge in [0.05, 0.1) is 23.1 Å². The molecule has 4 aliphatic rings. The zero-order valence-electron chi connectivity index (χ0n) is 22.5. The number of hydrogen-bond acceptors (Lipinski definition) is 8. The summed E-state index contributed by atoms with van der Waals surface area (Å²) in [4.78, 5) is 30.3. The van der Waals surface area contributed by atoms with Gasteiger partial charge in [-0.2, -0.15) is 0 Å². The molecule has 1 aromatic carbocycles. The fourth-order valence-electron chi connectivity index (χ4n) is 7.50. The standard InChI is InChI=1S/C29H37N3O6/c1-13-6-7-14(2)32(13)12-15-8-9-19(33)21-17(15)10-16-11-18-22(26(35)20(16)25(21)34)29(3,38)23(28(30)37)27(36)24(18)31(4)5/h6-9,13-14,16,18,22,24,33,35-36,38H,10-12H2,1-5H3,(H2,30,37)/t13?,14?,16?,18?,22?,24-,29?/m0/s1. The van der Waals surface area contributed by atoms with Crippen LogP contribution in [0.15, 0.2) is 46.9 Å². The fraction of sp³-hybridized carbons (Fsp3) is 0.517. The van der Waals surface area contributed by atoms with Crippen molar-refractivity contribution in [3.05, 3.63) is 63.6 Å². The second kappa shape index (κ2) is 8.97. The largest absolute Gasteiger partial charge is 0.511 e. The molecule has 1 aliphatic heterocycles. The fourth-order valence-corrected chi connectivity index (χ4v) is 7.50. The second-order valence-corrected chi connectivity index (χ2v) is 11.7. The van der Waals surface area contributed by atoms with E-state index in [-0.39, 0.29) is 52.0 Å². The third-order valence-electron chi connectivity index (χ3n) is 9.20. The lowest BCUT2D eigenvalue weighted by atomic mass is 9.57. The number of fused-ring (bicyclic) bond motifs is 3. The van der Waals surface area contributed by atoms with Gasteiger partial charge in [-0.3, -0.25) is 19.4 Å². The van der Waals surface area contributed by atoms with Crippen molar-refractivity contribution in [2.45, 2.75) is 63.9 Å². The molecule has 6 N–H and O–H groups in total. The van der Waals surface area contributed by atoms with Crippen molar-refractivity contribution in [3.63, 3.8) is 0 Å². The SMILES string of the molecule is CC1C=CC(C)N1Cc1ccc(O)c2c1CC1CC3C(C(O)=C1C2=O)C(C)(O)C(C(N)=O)=C(O)[C@H]3N(C)C. The van der Waals surface area contributed by atoms with Crippen LogP contribution in [0.4, 0.5) is 0 Å². The van der Waals surface area contributed by atoms with E-state index in [2.05, 4.69) is 30.9 Å². The van der Waals surface area contributed by atoms with E-state index in [1.165, 1.54) is 13.0 Å². The number of phenolic OH excluding ortho intramolecular Hbond substituents is 1. The minimum Gasteiger partial charge on any atom is -0.511 e. The predicted octanol–water partition coefficient (Wildman–Crippen LogP) is 2.34. The maximum absolute atomic E-state index is 13.9. The van der Waals surface area contributed by atoms with Crippen LogP contribution in [0.5, 0.6) is 5.75 Å². The van der Waals surface area contributed by atoms with Crippen LogP contribution in [0, 0.1) is 17.8 Å². The first-order valence-electron chi connectivity index (χ1n) is 13.1. The van der Waals surface area contributed by atoms with Crippen LogP contribution in [0.3, 0.4) is 0 Å². The topological polar surface area (TPSA) is 148 Å². The van der Waals surface area contributed by atoms with Crippen molar-refractivity contribution < 1.29 is 30.0 Å². The first-order valence-corrected chi connectivity index (χ1v) is 13.1. The Bertz CT molecular complexity index is 1300. The van der Waals surface area contributed by atoms with Crippen LogP contribution < -0.4 is 5.73 Å². The van der Waals surface area contributed by atoms with Crippen LogP contribution >= 0.6 is 0 Å². The summed E-state index contributed by atoms with van der Waals surface area (Å²) in [6.45, 7) is 6.19. The van der Waals surface area contributed by atoms with Crippen molar-refractivity contribution in [3.8, 4) is 5.75 Å². The van der Waals surface area contributed by atoms with Crippen LogP contribution in [0.1, 0.15) is 48.7 Å². The molecule has 0 saturated carbocycles. The third-order valence-corrected chi connectivity index (χ3v) is 9.20. The Kier molecular flexibility index (Phi) is 6.24.